The van der Waals surface area contributed by atoms with Crippen LogP contribution in [0.2, 0.25) is 0 Å². The third-order valence-corrected chi connectivity index (χ3v) is 3.18. The minimum atomic E-state index is -0.683. The summed E-state index contributed by atoms with van der Waals surface area (Å²) in [6.45, 7) is 2.66. The molecule has 2 rings (SSSR count). The Balaban J connectivity index is 1.94. The summed E-state index contributed by atoms with van der Waals surface area (Å²) in [4.78, 5) is 23.4. The van der Waals surface area contributed by atoms with Gasteiger partial charge in [0.1, 0.15) is 0 Å². The van der Waals surface area contributed by atoms with E-state index in [1.807, 2.05) is 6.92 Å². The Labute approximate surface area is 112 Å². The minimum Gasteiger partial charge on any atom is -0.352 e. The average molecular weight is 261 g/mol. The van der Waals surface area contributed by atoms with Crippen molar-refractivity contribution in [1.29, 1.82) is 0 Å². The Hall–Kier alpha value is -1.88. The summed E-state index contributed by atoms with van der Waals surface area (Å²) in [7, 11) is 0. The molecular weight excluding hydrogens is 242 g/mol. The molecule has 0 saturated heterocycles. The van der Waals surface area contributed by atoms with E-state index >= 15 is 0 Å². The van der Waals surface area contributed by atoms with Gasteiger partial charge in [-0.15, -0.1) is 0 Å². The molecule has 19 heavy (non-hydrogen) atoms. The van der Waals surface area contributed by atoms with Crippen LogP contribution in [0.4, 0.5) is 5.69 Å². The molecule has 0 spiro atoms. The van der Waals surface area contributed by atoms with Crippen LogP contribution in [0.1, 0.15) is 36.5 Å². The predicted octanol–water partition coefficient (Wildman–Crippen LogP) is 1.26. The molecule has 1 fully saturated rings. The lowest BCUT2D eigenvalue weighted by atomic mass is 10.2. The average Bonchev–Trinajstić information content (AvgIpc) is 3.16. The molecule has 0 bridgehead atoms. The topological polar surface area (TPSA) is 84.2 Å². The molecule has 102 valence electrons. The number of rotatable bonds is 5. The first-order chi connectivity index (χ1) is 9.05. The number of nitrogens with one attached hydrogen (secondary N) is 2. The monoisotopic (exact) mass is 261 g/mol. The highest BCUT2D eigenvalue weighted by Gasteiger charge is 2.45. The lowest BCUT2D eigenvalue weighted by molar-refractivity contribution is -0.118. The van der Waals surface area contributed by atoms with Crippen molar-refractivity contribution in [3.8, 4) is 0 Å². The van der Waals surface area contributed by atoms with Crippen LogP contribution >= 0.6 is 0 Å². The zero-order valence-electron chi connectivity index (χ0n) is 11.0. The van der Waals surface area contributed by atoms with Gasteiger partial charge in [-0.3, -0.25) is 9.59 Å². The van der Waals surface area contributed by atoms with E-state index in [1.54, 1.807) is 24.3 Å². The van der Waals surface area contributed by atoms with Crippen LogP contribution in [0, 0.1) is 0 Å². The van der Waals surface area contributed by atoms with Crippen molar-refractivity contribution in [3.63, 3.8) is 0 Å². The molecule has 1 saturated carbocycles. The Morgan fingerprint density at radius 1 is 1.26 bits per heavy atom. The maximum absolute atomic E-state index is 11.7. The van der Waals surface area contributed by atoms with Crippen LogP contribution in [0.15, 0.2) is 24.3 Å². The second-order valence-corrected chi connectivity index (χ2v) is 4.94. The number of carbonyl (C=O) groups is 2. The van der Waals surface area contributed by atoms with Crippen LogP contribution in [0.3, 0.4) is 0 Å². The lowest BCUT2D eigenvalue weighted by Crippen LogP contribution is -2.37. The van der Waals surface area contributed by atoms with Crippen LogP contribution in [-0.4, -0.2) is 23.9 Å². The molecule has 2 amide bonds. The molecule has 0 aromatic heterocycles. The molecule has 0 heterocycles. The molecule has 5 nitrogen and oxygen atoms in total. The van der Waals surface area contributed by atoms with Gasteiger partial charge < -0.3 is 16.4 Å². The van der Waals surface area contributed by atoms with Crippen LogP contribution in [-0.2, 0) is 4.79 Å². The smallest absolute Gasteiger partial charge is 0.251 e. The highest BCUT2D eigenvalue weighted by Crippen LogP contribution is 2.33. The first-order valence-electron chi connectivity index (χ1n) is 6.54. The van der Waals surface area contributed by atoms with Crippen molar-refractivity contribution in [2.75, 3.05) is 11.9 Å². The van der Waals surface area contributed by atoms with Crippen LogP contribution < -0.4 is 16.4 Å². The highest BCUT2D eigenvalue weighted by molar-refractivity contribution is 6.00. The van der Waals surface area contributed by atoms with E-state index in [9.17, 15) is 9.59 Å². The van der Waals surface area contributed by atoms with Gasteiger partial charge in [-0.05, 0) is 43.5 Å². The number of amides is 2. The Morgan fingerprint density at radius 2 is 1.89 bits per heavy atom. The number of hydrogen-bond acceptors (Lipinski definition) is 3. The number of carbonyl (C=O) groups excluding carboxylic acids is 2. The molecule has 0 radical (unpaired) electrons. The van der Waals surface area contributed by atoms with Gasteiger partial charge >= 0.3 is 0 Å². The minimum absolute atomic E-state index is 0.0998. The number of benzene rings is 1. The van der Waals surface area contributed by atoms with Crippen molar-refractivity contribution >= 4 is 17.5 Å². The number of anilines is 1. The highest BCUT2D eigenvalue weighted by atomic mass is 16.2. The summed E-state index contributed by atoms with van der Waals surface area (Å²) in [6.07, 6.45) is 2.37. The standard InChI is InChI=1S/C14H19N3O2/c1-2-9-16-12(18)10-3-5-11(6-4-10)17-13(19)14(15)7-8-14/h3-6H,2,7-9,15H2,1H3,(H,16,18)(H,17,19). The summed E-state index contributed by atoms with van der Waals surface area (Å²) in [5.74, 6) is -0.257. The maximum Gasteiger partial charge on any atom is 0.251 e. The van der Waals surface area contributed by atoms with Gasteiger partial charge in [0.25, 0.3) is 5.91 Å². The summed E-state index contributed by atoms with van der Waals surface area (Å²) < 4.78 is 0. The molecule has 1 aliphatic rings. The largest absolute Gasteiger partial charge is 0.352 e. The van der Waals surface area contributed by atoms with E-state index in [0.29, 0.717) is 17.8 Å². The van der Waals surface area contributed by atoms with Crippen molar-refractivity contribution in [2.24, 2.45) is 5.73 Å². The first kappa shape index (κ1) is 13.5. The summed E-state index contributed by atoms with van der Waals surface area (Å²) >= 11 is 0. The lowest BCUT2D eigenvalue weighted by Gasteiger charge is -2.10. The summed E-state index contributed by atoms with van der Waals surface area (Å²) in [5.41, 5.74) is 6.36. The first-order valence-corrected chi connectivity index (χ1v) is 6.54. The molecule has 5 heteroatoms. The molecule has 1 aliphatic carbocycles. The fourth-order valence-electron chi connectivity index (χ4n) is 1.66. The normalized spacial score (nSPS) is 15.7. The van der Waals surface area contributed by atoms with Crippen molar-refractivity contribution in [3.05, 3.63) is 29.8 Å². The zero-order valence-corrected chi connectivity index (χ0v) is 11.0. The molecule has 4 N–H and O–H groups in total. The van der Waals surface area contributed by atoms with Crippen molar-refractivity contribution in [2.45, 2.75) is 31.7 Å². The van der Waals surface area contributed by atoms with Gasteiger partial charge in [-0.1, -0.05) is 6.92 Å². The predicted molar refractivity (Wildman–Crippen MR) is 73.8 cm³/mol. The molecule has 0 aliphatic heterocycles. The Bertz CT molecular complexity index is 478. The molecular formula is C14H19N3O2. The van der Waals surface area contributed by atoms with E-state index in [2.05, 4.69) is 10.6 Å². The van der Waals surface area contributed by atoms with Gasteiger partial charge in [-0.25, -0.2) is 0 Å². The molecule has 1 aromatic rings. The number of hydrogen-bond donors (Lipinski definition) is 3. The van der Waals surface area contributed by atoms with E-state index in [0.717, 1.165) is 19.3 Å². The Kier molecular flexibility index (Phi) is 3.85. The molecule has 0 atom stereocenters. The van der Waals surface area contributed by atoms with E-state index in [4.69, 9.17) is 5.73 Å². The fraction of sp³-hybridized carbons (Fsp3) is 0.429. The maximum atomic E-state index is 11.7. The second kappa shape index (κ2) is 5.40. The SMILES string of the molecule is CCCNC(=O)c1ccc(NC(=O)C2(N)CC2)cc1. The van der Waals surface area contributed by atoms with Gasteiger partial charge in [0, 0.05) is 17.8 Å². The van der Waals surface area contributed by atoms with Gasteiger partial charge in [0.2, 0.25) is 5.91 Å². The molecule has 1 aromatic carbocycles. The fourth-order valence-corrected chi connectivity index (χ4v) is 1.66. The third kappa shape index (κ3) is 3.32. The second-order valence-electron chi connectivity index (χ2n) is 4.94. The Morgan fingerprint density at radius 3 is 2.42 bits per heavy atom. The van der Waals surface area contributed by atoms with E-state index in [1.165, 1.54) is 0 Å². The van der Waals surface area contributed by atoms with Crippen molar-refractivity contribution < 1.29 is 9.59 Å². The summed E-state index contributed by atoms with van der Waals surface area (Å²) in [5, 5.41) is 5.55. The van der Waals surface area contributed by atoms with E-state index < -0.39 is 5.54 Å². The van der Waals surface area contributed by atoms with Gasteiger partial charge in [0.15, 0.2) is 0 Å². The van der Waals surface area contributed by atoms with Crippen molar-refractivity contribution in [1.82, 2.24) is 5.32 Å². The third-order valence-electron chi connectivity index (χ3n) is 3.18. The van der Waals surface area contributed by atoms with E-state index in [-0.39, 0.29) is 11.8 Å². The van der Waals surface area contributed by atoms with Crippen LogP contribution in [0.5, 0.6) is 0 Å². The number of nitrogens with two attached hydrogens (primary N) is 1. The van der Waals surface area contributed by atoms with Gasteiger partial charge in [-0.2, -0.15) is 0 Å². The van der Waals surface area contributed by atoms with Crippen LogP contribution in [0.25, 0.3) is 0 Å². The van der Waals surface area contributed by atoms with Gasteiger partial charge in [0.05, 0.1) is 5.54 Å². The summed E-state index contributed by atoms with van der Waals surface area (Å²) in [6, 6.07) is 6.81. The molecule has 0 unspecified atom stereocenters. The quantitative estimate of drug-likeness (QED) is 0.746. The zero-order chi connectivity index (χ0) is 13.9.